The highest BCUT2D eigenvalue weighted by Crippen LogP contribution is 2.40. The molecule has 0 bridgehead atoms. The molecule has 1 N–H and O–H groups in total. The van der Waals surface area contributed by atoms with Crippen LogP contribution in [0.25, 0.3) is 0 Å². The van der Waals surface area contributed by atoms with E-state index in [1.807, 2.05) is 0 Å². The number of anilines is 1. The first-order valence-electron chi connectivity index (χ1n) is 9.60. The number of nitrogens with zero attached hydrogens (tertiary/aromatic N) is 1. The molecule has 0 atom stereocenters. The van der Waals surface area contributed by atoms with Gasteiger partial charge in [0.1, 0.15) is 4.90 Å². The zero-order valence-corrected chi connectivity index (χ0v) is 19.8. The van der Waals surface area contributed by atoms with Crippen molar-refractivity contribution in [2.75, 3.05) is 39.7 Å². The van der Waals surface area contributed by atoms with Crippen LogP contribution in [0.2, 0.25) is 5.02 Å². The first-order valence-corrected chi connectivity index (χ1v) is 11.4. The van der Waals surface area contributed by atoms with Crippen molar-refractivity contribution in [3.05, 3.63) is 40.9 Å². The Morgan fingerprint density at radius 1 is 1.00 bits per heavy atom. The number of amides is 1. The lowest BCUT2D eigenvalue weighted by Crippen LogP contribution is -2.31. The van der Waals surface area contributed by atoms with Crippen molar-refractivity contribution in [2.24, 2.45) is 0 Å². The lowest BCUT2D eigenvalue weighted by atomic mass is 10.1. The first kappa shape index (κ1) is 24.8. The molecule has 0 radical (unpaired) electrons. The highest BCUT2D eigenvalue weighted by atomic mass is 35.5. The molecule has 170 valence electrons. The smallest absolute Gasteiger partial charge is 0.244 e. The molecule has 0 heterocycles. The molecule has 0 aliphatic heterocycles. The summed E-state index contributed by atoms with van der Waals surface area (Å²) < 4.78 is 43.0. The van der Waals surface area contributed by atoms with Crippen LogP contribution in [0, 0.1) is 0 Å². The van der Waals surface area contributed by atoms with E-state index in [0.29, 0.717) is 41.6 Å². The Hall–Kier alpha value is -2.49. The van der Waals surface area contributed by atoms with Crippen LogP contribution < -0.4 is 19.5 Å². The van der Waals surface area contributed by atoms with Crippen LogP contribution >= 0.6 is 11.6 Å². The van der Waals surface area contributed by atoms with Crippen LogP contribution in [0.15, 0.2) is 35.2 Å². The number of hydrogen-bond donors (Lipinski definition) is 1. The van der Waals surface area contributed by atoms with Gasteiger partial charge < -0.3 is 19.5 Å². The SMILES string of the molecule is CCN(CC)S(=O)(=O)c1cc(NC(=O)Cc2ccc(OC)c(OC)c2OC)ccc1Cl. The number of carbonyl (C=O) groups excluding carboxylic acids is 1. The quantitative estimate of drug-likeness (QED) is 0.570. The van der Waals surface area contributed by atoms with E-state index in [1.165, 1.54) is 37.8 Å². The predicted molar refractivity (Wildman–Crippen MR) is 120 cm³/mol. The van der Waals surface area contributed by atoms with Gasteiger partial charge in [0.2, 0.25) is 21.7 Å². The van der Waals surface area contributed by atoms with Crippen LogP contribution in [0.3, 0.4) is 0 Å². The fraction of sp³-hybridized carbons (Fsp3) is 0.381. The summed E-state index contributed by atoms with van der Waals surface area (Å²) in [5, 5.41) is 2.80. The second kappa shape index (κ2) is 10.7. The van der Waals surface area contributed by atoms with E-state index in [-0.39, 0.29) is 22.2 Å². The van der Waals surface area contributed by atoms with Crippen LogP contribution in [0.1, 0.15) is 19.4 Å². The molecule has 0 saturated carbocycles. The van der Waals surface area contributed by atoms with Crippen molar-refractivity contribution >= 4 is 33.2 Å². The number of benzene rings is 2. The number of rotatable bonds is 10. The van der Waals surface area contributed by atoms with Crippen molar-refractivity contribution in [2.45, 2.75) is 25.2 Å². The van der Waals surface area contributed by atoms with Gasteiger partial charge in [-0.05, 0) is 24.3 Å². The Labute approximate surface area is 188 Å². The summed E-state index contributed by atoms with van der Waals surface area (Å²) in [6.45, 7) is 4.11. The second-order valence-corrected chi connectivity index (χ2v) is 8.77. The average Bonchev–Trinajstić information content (AvgIpc) is 2.75. The molecule has 0 fully saturated rings. The van der Waals surface area contributed by atoms with Crippen molar-refractivity contribution in [3.8, 4) is 17.2 Å². The molecule has 0 aromatic heterocycles. The minimum Gasteiger partial charge on any atom is -0.493 e. The number of ether oxygens (including phenoxy) is 3. The molecule has 0 unspecified atom stereocenters. The van der Waals surface area contributed by atoms with Crippen molar-refractivity contribution < 1.29 is 27.4 Å². The molecule has 2 aromatic rings. The number of carbonyl (C=O) groups is 1. The summed E-state index contributed by atoms with van der Waals surface area (Å²) in [6, 6.07) is 7.75. The van der Waals surface area contributed by atoms with Crippen molar-refractivity contribution in [1.82, 2.24) is 4.31 Å². The molecule has 0 aliphatic carbocycles. The highest BCUT2D eigenvalue weighted by Gasteiger charge is 2.25. The van der Waals surface area contributed by atoms with E-state index in [4.69, 9.17) is 25.8 Å². The minimum absolute atomic E-state index is 0.0235. The van der Waals surface area contributed by atoms with Gasteiger partial charge in [-0.2, -0.15) is 4.31 Å². The number of halogens is 1. The molecular formula is C21H27ClN2O6S. The molecule has 0 aliphatic rings. The van der Waals surface area contributed by atoms with Crippen LogP contribution in [-0.4, -0.2) is 53.0 Å². The number of hydrogen-bond acceptors (Lipinski definition) is 6. The van der Waals surface area contributed by atoms with E-state index in [0.717, 1.165) is 0 Å². The molecular weight excluding hydrogens is 444 g/mol. The third-order valence-electron chi connectivity index (χ3n) is 4.67. The van der Waals surface area contributed by atoms with Crippen LogP contribution in [0.4, 0.5) is 5.69 Å². The average molecular weight is 471 g/mol. The first-order chi connectivity index (χ1) is 14.7. The van der Waals surface area contributed by atoms with Crippen LogP contribution in [0.5, 0.6) is 17.2 Å². The standard InChI is InChI=1S/C21H27ClN2O6S/c1-6-24(7-2)31(26,27)18-13-15(9-10-16(18)22)23-19(25)12-14-8-11-17(28-3)21(30-5)20(14)29-4/h8-11,13H,6-7,12H2,1-5H3,(H,23,25). The predicted octanol–water partition coefficient (Wildman–Crippen LogP) is 3.58. The normalized spacial score (nSPS) is 11.3. The molecule has 10 heteroatoms. The minimum atomic E-state index is -3.78. The Kier molecular flexibility index (Phi) is 8.55. The highest BCUT2D eigenvalue weighted by molar-refractivity contribution is 7.89. The van der Waals surface area contributed by atoms with E-state index in [2.05, 4.69) is 5.32 Å². The second-order valence-electron chi connectivity index (χ2n) is 6.45. The maximum Gasteiger partial charge on any atom is 0.244 e. The fourth-order valence-electron chi connectivity index (χ4n) is 3.16. The lowest BCUT2D eigenvalue weighted by Gasteiger charge is -2.20. The van der Waals surface area contributed by atoms with E-state index in [1.54, 1.807) is 32.0 Å². The zero-order chi connectivity index (χ0) is 23.2. The number of sulfonamides is 1. The summed E-state index contributed by atoms with van der Waals surface area (Å²) >= 11 is 6.15. The van der Waals surface area contributed by atoms with Gasteiger partial charge in [-0.3, -0.25) is 4.79 Å². The Bertz CT molecular complexity index is 1040. The third kappa shape index (κ3) is 5.41. The Balaban J connectivity index is 2.30. The van der Waals surface area contributed by atoms with Crippen LogP contribution in [-0.2, 0) is 21.2 Å². The zero-order valence-electron chi connectivity index (χ0n) is 18.2. The summed E-state index contributed by atoms with van der Waals surface area (Å²) in [6.07, 6.45) is -0.0235. The van der Waals surface area contributed by atoms with Gasteiger partial charge >= 0.3 is 0 Å². The van der Waals surface area contributed by atoms with Gasteiger partial charge in [0, 0.05) is 24.3 Å². The number of methoxy groups -OCH3 is 3. The van der Waals surface area contributed by atoms with Gasteiger partial charge in [-0.15, -0.1) is 0 Å². The lowest BCUT2D eigenvalue weighted by molar-refractivity contribution is -0.115. The third-order valence-corrected chi connectivity index (χ3v) is 7.21. The molecule has 8 nitrogen and oxygen atoms in total. The maximum atomic E-state index is 12.8. The molecule has 2 aromatic carbocycles. The molecule has 31 heavy (non-hydrogen) atoms. The van der Waals surface area contributed by atoms with Crippen molar-refractivity contribution in [1.29, 1.82) is 0 Å². The number of nitrogens with one attached hydrogen (secondary N) is 1. The topological polar surface area (TPSA) is 94.2 Å². The Morgan fingerprint density at radius 3 is 2.19 bits per heavy atom. The van der Waals surface area contributed by atoms with Gasteiger partial charge in [-0.1, -0.05) is 31.5 Å². The molecule has 0 saturated heterocycles. The fourth-order valence-corrected chi connectivity index (χ4v) is 5.12. The monoisotopic (exact) mass is 470 g/mol. The molecule has 1 amide bonds. The van der Waals surface area contributed by atoms with Gasteiger partial charge in [0.25, 0.3) is 0 Å². The summed E-state index contributed by atoms with van der Waals surface area (Å²) in [7, 11) is 0.688. The van der Waals surface area contributed by atoms with E-state index in [9.17, 15) is 13.2 Å². The largest absolute Gasteiger partial charge is 0.493 e. The van der Waals surface area contributed by atoms with Gasteiger partial charge in [0.05, 0.1) is 32.8 Å². The summed E-state index contributed by atoms with van der Waals surface area (Å²) in [4.78, 5) is 12.6. The summed E-state index contributed by atoms with van der Waals surface area (Å²) in [5.41, 5.74) is 0.905. The Morgan fingerprint density at radius 2 is 1.65 bits per heavy atom. The van der Waals surface area contributed by atoms with E-state index < -0.39 is 10.0 Å². The maximum absolute atomic E-state index is 12.8. The van der Waals surface area contributed by atoms with Gasteiger partial charge in [0.15, 0.2) is 11.5 Å². The molecule has 0 spiro atoms. The summed E-state index contributed by atoms with van der Waals surface area (Å²) in [5.74, 6) is 0.888. The molecule has 2 rings (SSSR count). The van der Waals surface area contributed by atoms with Crippen molar-refractivity contribution in [3.63, 3.8) is 0 Å². The van der Waals surface area contributed by atoms with Gasteiger partial charge in [-0.25, -0.2) is 8.42 Å². The van der Waals surface area contributed by atoms with E-state index >= 15 is 0 Å².